The van der Waals surface area contributed by atoms with Crippen LogP contribution in [0.4, 0.5) is 0 Å². The second-order valence-corrected chi connectivity index (χ2v) is 3.73. The maximum absolute atomic E-state index is 5.82. The first-order valence-corrected chi connectivity index (χ1v) is 3.59. The second kappa shape index (κ2) is 1.39. The van der Waals surface area contributed by atoms with Gasteiger partial charge in [-0.15, -0.1) is 11.6 Å². The molecule has 2 aliphatic rings. The van der Waals surface area contributed by atoms with Gasteiger partial charge < -0.3 is 5.32 Å². The van der Waals surface area contributed by atoms with E-state index >= 15 is 0 Å². The quantitative estimate of drug-likeness (QED) is 0.484. The van der Waals surface area contributed by atoms with Crippen molar-refractivity contribution in [1.29, 1.82) is 0 Å². The van der Waals surface area contributed by atoms with Crippen LogP contribution in [-0.2, 0) is 0 Å². The summed E-state index contributed by atoms with van der Waals surface area (Å²) in [5.74, 6) is 0. The van der Waals surface area contributed by atoms with E-state index in [0.29, 0.717) is 10.8 Å². The van der Waals surface area contributed by atoms with Gasteiger partial charge in [0, 0.05) is 18.5 Å². The van der Waals surface area contributed by atoms with Gasteiger partial charge in [-0.05, 0) is 18.3 Å². The largest absolute Gasteiger partial charge is 0.316 e. The summed E-state index contributed by atoms with van der Waals surface area (Å²) in [4.78, 5) is 0. The third kappa shape index (κ3) is 0.517. The average Bonchev–Trinajstić information content (AvgIpc) is 1.51. The monoisotopic (exact) mass is 131 g/mol. The van der Waals surface area contributed by atoms with Gasteiger partial charge in [0.2, 0.25) is 0 Å². The van der Waals surface area contributed by atoms with Crippen LogP contribution in [0.3, 0.4) is 0 Å². The molecule has 2 fully saturated rings. The number of alkyl halides is 1. The fourth-order valence-corrected chi connectivity index (χ4v) is 2.30. The Labute approximate surface area is 54.4 Å². The van der Waals surface area contributed by atoms with E-state index in [2.05, 4.69) is 5.32 Å². The number of rotatable bonds is 0. The lowest BCUT2D eigenvalue weighted by molar-refractivity contribution is 0.0650. The predicted molar refractivity (Wildman–Crippen MR) is 34.2 cm³/mol. The van der Waals surface area contributed by atoms with E-state index in [4.69, 9.17) is 11.6 Å². The van der Waals surface area contributed by atoms with Crippen molar-refractivity contribution in [2.75, 3.05) is 13.1 Å². The first-order valence-electron chi connectivity index (χ1n) is 3.16. The summed E-state index contributed by atoms with van der Waals surface area (Å²) in [5, 5.41) is 3.76. The van der Waals surface area contributed by atoms with Crippen molar-refractivity contribution in [3.8, 4) is 0 Å². The molecule has 0 aromatic carbocycles. The Morgan fingerprint density at radius 3 is 2.12 bits per heavy atom. The molecule has 0 bridgehead atoms. The molecule has 1 saturated carbocycles. The summed E-state index contributed by atoms with van der Waals surface area (Å²) in [6, 6.07) is 0. The molecule has 1 spiro atoms. The molecule has 1 aliphatic heterocycles. The Kier molecular flexibility index (Phi) is 0.884. The smallest absolute Gasteiger partial charge is 0.0348 e. The lowest BCUT2D eigenvalue weighted by Crippen LogP contribution is -2.60. The molecule has 2 heteroatoms. The molecule has 1 N–H and O–H groups in total. The predicted octanol–water partition coefficient (Wildman–Crippen LogP) is 0.977. The van der Waals surface area contributed by atoms with Crippen LogP contribution in [0.2, 0.25) is 0 Å². The van der Waals surface area contributed by atoms with Gasteiger partial charge >= 0.3 is 0 Å². The van der Waals surface area contributed by atoms with Crippen LogP contribution in [0.5, 0.6) is 0 Å². The average molecular weight is 132 g/mol. The zero-order chi connectivity index (χ0) is 5.61. The van der Waals surface area contributed by atoms with Gasteiger partial charge in [0.05, 0.1) is 0 Å². The fraction of sp³-hybridized carbons (Fsp3) is 1.00. The van der Waals surface area contributed by atoms with E-state index in [1.165, 1.54) is 25.9 Å². The van der Waals surface area contributed by atoms with E-state index in [1.807, 2.05) is 0 Å². The van der Waals surface area contributed by atoms with Crippen LogP contribution < -0.4 is 5.32 Å². The van der Waals surface area contributed by atoms with Crippen LogP contribution in [0.25, 0.3) is 0 Å². The summed E-state index contributed by atoms with van der Waals surface area (Å²) in [6.07, 6.45) is 2.50. The zero-order valence-electron chi connectivity index (χ0n) is 4.78. The van der Waals surface area contributed by atoms with E-state index in [0.717, 1.165) is 0 Å². The molecule has 1 nitrogen and oxygen atoms in total. The summed E-state index contributed by atoms with van der Waals surface area (Å²) in [7, 11) is 0. The van der Waals surface area contributed by atoms with Crippen LogP contribution in [-0.4, -0.2) is 18.5 Å². The minimum absolute atomic E-state index is 0.497. The topological polar surface area (TPSA) is 12.0 Å². The van der Waals surface area contributed by atoms with Crippen molar-refractivity contribution in [2.45, 2.75) is 18.2 Å². The minimum atomic E-state index is 0.497. The molecular formula is C6H10ClN. The number of halogens is 1. The Hall–Kier alpha value is 0.250. The van der Waals surface area contributed by atoms with E-state index in [-0.39, 0.29) is 0 Å². The molecule has 1 saturated heterocycles. The molecule has 0 aromatic rings. The van der Waals surface area contributed by atoms with Gasteiger partial charge in [-0.1, -0.05) is 0 Å². The third-order valence-electron chi connectivity index (χ3n) is 2.31. The van der Waals surface area contributed by atoms with Crippen molar-refractivity contribution < 1.29 is 0 Å². The highest BCUT2D eigenvalue weighted by atomic mass is 35.5. The Morgan fingerprint density at radius 2 is 2.00 bits per heavy atom. The van der Waals surface area contributed by atoms with Crippen molar-refractivity contribution in [2.24, 2.45) is 5.41 Å². The minimum Gasteiger partial charge on any atom is -0.316 e. The van der Waals surface area contributed by atoms with Crippen LogP contribution in [0, 0.1) is 5.41 Å². The second-order valence-electron chi connectivity index (χ2n) is 3.11. The molecule has 0 radical (unpaired) electrons. The molecular weight excluding hydrogens is 122 g/mol. The van der Waals surface area contributed by atoms with E-state index in [9.17, 15) is 0 Å². The van der Waals surface area contributed by atoms with Crippen molar-refractivity contribution in [3.05, 3.63) is 0 Å². The highest BCUT2D eigenvalue weighted by Crippen LogP contribution is 2.46. The summed E-state index contributed by atoms with van der Waals surface area (Å²) in [6.45, 7) is 2.44. The summed E-state index contributed by atoms with van der Waals surface area (Å²) < 4.78 is 0. The molecule has 0 atom stereocenters. The summed E-state index contributed by atoms with van der Waals surface area (Å²) in [5.41, 5.74) is 0.673. The van der Waals surface area contributed by atoms with Gasteiger partial charge in [0.1, 0.15) is 0 Å². The lowest BCUT2D eigenvalue weighted by atomic mass is 9.64. The zero-order valence-corrected chi connectivity index (χ0v) is 5.54. The van der Waals surface area contributed by atoms with Crippen LogP contribution in [0.15, 0.2) is 0 Å². The molecule has 0 aromatic heterocycles. The van der Waals surface area contributed by atoms with E-state index < -0.39 is 0 Å². The fourth-order valence-electron chi connectivity index (χ4n) is 1.65. The molecule has 46 valence electrons. The van der Waals surface area contributed by atoms with Gasteiger partial charge in [0.15, 0.2) is 0 Å². The first-order chi connectivity index (χ1) is 3.81. The molecule has 1 aliphatic carbocycles. The first kappa shape index (κ1) is 5.07. The Bertz CT molecular complexity index is 101. The van der Waals surface area contributed by atoms with Crippen LogP contribution >= 0.6 is 11.6 Å². The molecule has 8 heavy (non-hydrogen) atoms. The number of nitrogens with one attached hydrogen (secondary N) is 1. The highest BCUT2D eigenvalue weighted by molar-refractivity contribution is 6.21. The molecule has 2 rings (SSSR count). The van der Waals surface area contributed by atoms with E-state index in [1.54, 1.807) is 0 Å². The number of hydrogen-bond acceptors (Lipinski definition) is 1. The highest BCUT2D eigenvalue weighted by Gasteiger charge is 2.47. The van der Waals surface area contributed by atoms with Gasteiger partial charge in [-0.3, -0.25) is 0 Å². The van der Waals surface area contributed by atoms with Crippen molar-refractivity contribution >= 4 is 11.6 Å². The standard InChI is InChI=1S/C6H10ClN/c7-5-1-6(2-5)3-8-4-6/h5,8H,1-4H2. The lowest BCUT2D eigenvalue weighted by Gasteiger charge is -2.52. The Morgan fingerprint density at radius 1 is 1.38 bits per heavy atom. The van der Waals surface area contributed by atoms with Crippen LogP contribution in [0.1, 0.15) is 12.8 Å². The molecule has 0 amide bonds. The third-order valence-corrected chi connectivity index (χ3v) is 2.62. The summed E-state index contributed by atoms with van der Waals surface area (Å²) >= 11 is 5.82. The number of hydrogen-bond donors (Lipinski definition) is 1. The Balaban J connectivity index is 1.92. The maximum Gasteiger partial charge on any atom is 0.0348 e. The normalized spacial score (nSPS) is 34.1. The van der Waals surface area contributed by atoms with Crippen molar-refractivity contribution in [3.63, 3.8) is 0 Å². The van der Waals surface area contributed by atoms with Gasteiger partial charge in [-0.25, -0.2) is 0 Å². The molecule has 0 unspecified atom stereocenters. The van der Waals surface area contributed by atoms with Gasteiger partial charge in [0.25, 0.3) is 0 Å². The maximum atomic E-state index is 5.82. The molecule has 1 heterocycles. The van der Waals surface area contributed by atoms with Crippen molar-refractivity contribution in [1.82, 2.24) is 5.32 Å². The van der Waals surface area contributed by atoms with Gasteiger partial charge in [-0.2, -0.15) is 0 Å². The SMILES string of the molecule is ClC1CC2(CNC2)C1.